The van der Waals surface area contributed by atoms with E-state index in [2.05, 4.69) is 162 Å². The molecule has 4 N–H and O–H groups in total. The smallest absolute Gasteiger partial charge is 0.0646 e. The van der Waals surface area contributed by atoms with Gasteiger partial charge in [-0.1, -0.05) is 72.8 Å². The molecule has 0 unspecified atom stereocenters. The van der Waals surface area contributed by atoms with Crippen LogP contribution in [0.15, 0.2) is 84.9 Å². The summed E-state index contributed by atoms with van der Waals surface area (Å²) in [4.78, 5) is 0. The molecule has 0 radical (unpaired) electrons. The standard InChI is InChI=1S/C38H42N4/c1-23-13-9-14-24(2)35(23)39-31-21-33(41-37-27(5)17-11-18-28(37)6)34(42-38-29(7)19-12-20-30(38)8)22-32(31)40-36-25(3)15-10-16-26(36)4/h9-22,39-42H,1-8H3. The van der Waals surface area contributed by atoms with Crippen LogP contribution in [0.3, 0.4) is 0 Å². The second kappa shape index (κ2) is 12.0. The van der Waals surface area contributed by atoms with Crippen LogP contribution in [-0.4, -0.2) is 0 Å². The third kappa shape index (κ3) is 5.99. The molecule has 0 aliphatic rings. The van der Waals surface area contributed by atoms with E-state index >= 15 is 0 Å². The normalized spacial score (nSPS) is 10.9. The summed E-state index contributed by atoms with van der Waals surface area (Å²) in [5.41, 5.74) is 18.1. The average Bonchev–Trinajstić information content (AvgIpc) is 2.94. The first-order chi connectivity index (χ1) is 20.1. The van der Waals surface area contributed by atoms with E-state index in [1.807, 2.05) is 0 Å². The van der Waals surface area contributed by atoms with Crippen LogP contribution in [0.25, 0.3) is 0 Å². The van der Waals surface area contributed by atoms with Gasteiger partial charge in [-0.15, -0.1) is 0 Å². The third-order valence-electron chi connectivity index (χ3n) is 8.12. The third-order valence-corrected chi connectivity index (χ3v) is 8.12. The van der Waals surface area contributed by atoms with Gasteiger partial charge in [-0.2, -0.15) is 0 Å². The number of nitrogens with one attached hydrogen (secondary N) is 4. The highest BCUT2D eigenvalue weighted by Gasteiger charge is 2.17. The second-order valence-corrected chi connectivity index (χ2v) is 11.5. The van der Waals surface area contributed by atoms with Crippen molar-refractivity contribution >= 4 is 45.5 Å². The molecule has 0 bridgehead atoms. The molecule has 5 rings (SSSR count). The molecule has 0 saturated heterocycles. The highest BCUT2D eigenvalue weighted by atomic mass is 15.0. The topological polar surface area (TPSA) is 48.1 Å². The Bertz CT molecular complexity index is 1430. The van der Waals surface area contributed by atoms with Gasteiger partial charge in [0, 0.05) is 22.7 Å². The van der Waals surface area contributed by atoms with Crippen molar-refractivity contribution < 1.29 is 0 Å². The first-order valence-electron chi connectivity index (χ1n) is 14.6. The van der Waals surface area contributed by atoms with Crippen molar-refractivity contribution in [1.82, 2.24) is 0 Å². The zero-order valence-electron chi connectivity index (χ0n) is 26.1. The van der Waals surface area contributed by atoms with E-state index in [4.69, 9.17) is 0 Å². The average molecular weight is 555 g/mol. The van der Waals surface area contributed by atoms with Gasteiger partial charge in [-0.25, -0.2) is 0 Å². The molecule has 0 spiro atoms. The van der Waals surface area contributed by atoms with Crippen LogP contribution in [-0.2, 0) is 0 Å². The molecule has 5 aromatic rings. The van der Waals surface area contributed by atoms with Crippen molar-refractivity contribution in [3.63, 3.8) is 0 Å². The molecule has 0 aliphatic heterocycles. The second-order valence-electron chi connectivity index (χ2n) is 11.5. The van der Waals surface area contributed by atoms with Gasteiger partial charge in [0.15, 0.2) is 0 Å². The maximum Gasteiger partial charge on any atom is 0.0646 e. The lowest BCUT2D eigenvalue weighted by Gasteiger charge is -2.24. The van der Waals surface area contributed by atoms with E-state index in [-0.39, 0.29) is 0 Å². The molecule has 0 heterocycles. The van der Waals surface area contributed by atoms with Crippen LogP contribution in [0.5, 0.6) is 0 Å². The first kappa shape index (κ1) is 28.8. The summed E-state index contributed by atoms with van der Waals surface area (Å²) in [6, 6.07) is 30.1. The molecular formula is C38H42N4. The Morgan fingerprint density at radius 1 is 0.286 bits per heavy atom. The van der Waals surface area contributed by atoms with Gasteiger partial charge in [-0.05, 0) is 112 Å². The van der Waals surface area contributed by atoms with E-state index in [0.717, 1.165) is 45.5 Å². The summed E-state index contributed by atoms with van der Waals surface area (Å²) in [5, 5.41) is 15.2. The molecule has 4 nitrogen and oxygen atoms in total. The van der Waals surface area contributed by atoms with Gasteiger partial charge >= 0.3 is 0 Å². The maximum absolute atomic E-state index is 3.81. The molecule has 0 fully saturated rings. The number of benzene rings is 5. The van der Waals surface area contributed by atoms with Crippen molar-refractivity contribution in [3.05, 3.63) is 129 Å². The van der Waals surface area contributed by atoms with Crippen molar-refractivity contribution in [3.8, 4) is 0 Å². The van der Waals surface area contributed by atoms with E-state index in [1.54, 1.807) is 0 Å². The van der Waals surface area contributed by atoms with Crippen LogP contribution < -0.4 is 21.3 Å². The molecule has 5 aromatic carbocycles. The Labute approximate surface area is 251 Å². The molecule has 0 aliphatic carbocycles. The fourth-order valence-corrected chi connectivity index (χ4v) is 5.60. The number of hydrogen-bond acceptors (Lipinski definition) is 4. The van der Waals surface area contributed by atoms with E-state index in [0.29, 0.717) is 0 Å². The van der Waals surface area contributed by atoms with E-state index < -0.39 is 0 Å². The Morgan fingerprint density at radius 2 is 0.452 bits per heavy atom. The zero-order valence-corrected chi connectivity index (χ0v) is 26.1. The van der Waals surface area contributed by atoms with Crippen molar-refractivity contribution in [2.24, 2.45) is 0 Å². The van der Waals surface area contributed by atoms with Gasteiger partial charge < -0.3 is 21.3 Å². The summed E-state index contributed by atoms with van der Waals surface area (Å²) < 4.78 is 0. The van der Waals surface area contributed by atoms with Crippen LogP contribution in [0.2, 0.25) is 0 Å². The Kier molecular flexibility index (Phi) is 8.26. The van der Waals surface area contributed by atoms with Gasteiger partial charge in [-0.3, -0.25) is 0 Å². The summed E-state index contributed by atoms with van der Waals surface area (Å²) in [5.74, 6) is 0. The monoisotopic (exact) mass is 554 g/mol. The molecule has 42 heavy (non-hydrogen) atoms. The number of para-hydroxylation sites is 4. The number of anilines is 8. The summed E-state index contributed by atoms with van der Waals surface area (Å²) in [7, 11) is 0. The summed E-state index contributed by atoms with van der Waals surface area (Å²) in [6.45, 7) is 17.2. The molecule has 0 aromatic heterocycles. The Balaban J connectivity index is 1.73. The van der Waals surface area contributed by atoms with Gasteiger partial charge in [0.25, 0.3) is 0 Å². The van der Waals surface area contributed by atoms with Crippen molar-refractivity contribution in [2.75, 3.05) is 21.3 Å². The molecular weight excluding hydrogens is 512 g/mol. The van der Waals surface area contributed by atoms with Gasteiger partial charge in [0.2, 0.25) is 0 Å². The molecule has 0 atom stereocenters. The molecule has 214 valence electrons. The lowest BCUT2D eigenvalue weighted by Crippen LogP contribution is -2.07. The van der Waals surface area contributed by atoms with Crippen LogP contribution >= 0.6 is 0 Å². The number of aryl methyl sites for hydroxylation is 8. The lowest BCUT2D eigenvalue weighted by molar-refractivity contribution is 1.32. The van der Waals surface area contributed by atoms with Crippen LogP contribution in [0.1, 0.15) is 44.5 Å². The minimum absolute atomic E-state index is 0.996. The number of hydrogen-bond donors (Lipinski definition) is 4. The van der Waals surface area contributed by atoms with E-state index in [1.165, 1.54) is 44.5 Å². The van der Waals surface area contributed by atoms with Crippen LogP contribution in [0.4, 0.5) is 45.5 Å². The number of rotatable bonds is 8. The van der Waals surface area contributed by atoms with E-state index in [9.17, 15) is 0 Å². The fourth-order valence-electron chi connectivity index (χ4n) is 5.60. The Hall–Kier alpha value is -4.70. The first-order valence-corrected chi connectivity index (χ1v) is 14.6. The van der Waals surface area contributed by atoms with Crippen molar-refractivity contribution in [1.29, 1.82) is 0 Å². The fraction of sp³-hybridized carbons (Fsp3) is 0.211. The van der Waals surface area contributed by atoms with Gasteiger partial charge in [0.1, 0.15) is 0 Å². The quantitative estimate of drug-likeness (QED) is 0.154. The molecule has 0 amide bonds. The predicted molar refractivity (Wildman–Crippen MR) is 183 cm³/mol. The minimum Gasteiger partial charge on any atom is -0.353 e. The molecule has 4 heteroatoms. The highest BCUT2D eigenvalue weighted by molar-refractivity contribution is 5.93. The van der Waals surface area contributed by atoms with Crippen LogP contribution in [0, 0.1) is 55.4 Å². The van der Waals surface area contributed by atoms with Crippen molar-refractivity contribution in [2.45, 2.75) is 55.4 Å². The zero-order chi connectivity index (χ0) is 30.0. The summed E-state index contributed by atoms with van der Waals surface area (Å²) >= 11 is 0. The van der Waals surface area contributed by atoms with Gasteiger partial charge in [0.05, 0.1) is 22.7 Å². The predicted octanol–water partition coefficient (Wildman–Crippen LogP) is 11.1. The lowest BCUT2D eigenvalue weighted by atomic mass is 10.0. The molecule has 0 saturated carbocycles. The SMILES string of the molecule is Cc1cccc(C)c1Nc1cc(Nc2c(C)cccc2C)c(Nc2c(C)cccc2C)cc1Nc1c(C)cccc1C. The Morgan fingerprint density at radius 3 is 0.619 bits per heavy atom. The highest BCUT2D eigenvalue weighted by Crippen LogP contribution is 2.42. The summed E-state index contributed by atoms with van der Waals surface area (Å²) in [6.07, 6.45) is 0. The largest absolute Gasteiger partial charge is 0.353 e. The minimum atomic E-state index is 0.996. The maximum atomic E-state index is 3.81.